The topological polar surface area (TPSA) is 34.0 Å². The Labute approximate surface area is 118 Å². The number of halogens is 1. The van der Waals surface area contributed by atoms with E-state index in [4.69, 9.17) is 0 Å². The molecule has 1 unspecified atom stereocenters. The molecule has 0 fully saturated rings. The Morgan fingerprint density at radius 1 is 1.25 bits per heavy atom. The number of nitrogens with zero attached hydrogens (tertiary/aromatic N) is 1. The number of pyridine rings is 1. The minimum atomic E-state index is -0.235. The highest BCUT2D eigenvalue weighted by molar-refractivity contribution is 5.43. The predicted molar refractivity (Wildman–Crippen MR) is 79.4 cm³/mol. The van der Waals surface area contributed by atoms with Gasteiger partial charge < -0.3 is 9.88 Å². The van der Waals surface area contributed by atoms with E-state index < -0.39 is 0 Å². The lowest BCUT2D eigenvalue weighted by Crippen LogP contribution is -2.19. The fourth-order valence-electron chi connectivity index (χ4n) is 2.21. The maximum absolute atomic E-state index is 13.3. The molecule has 0 aliphatic rings. The summed E-state index contributed by atoms with van der Waals surface area (Å²) in [5.74, 6) is -0.235. The van der Waals surface area contributed by atoms with E-state index >= 15 is 0 Å². The van der Waals surface area contributed by atoms with Gasteiger partial charge in [0.25, 0.3) is 5.56 Å². The van der Waals surface area contributed by atoms with Crippen molar-refractivity contribution in [1.82, 2.24) is 4.57 Å². The lowest BCUT2D eigenvalue weighted by Gasteiger charge is -2.19. The van der Waals surface area contributed by atoms with Gasteiger partial charge in [0.1, 0.15) is 5.82 Å². The third-order valence-electron chi connectivity index (χ3n) is 3.32. The summed E-state index contributed by atoms with van der Waals surface area (Å²) in [7, 11) is 0. The molecule has 0 bridgehead atoms. The van der Waals surface area contributed by atoms with Crippen LogP contribution in [0.15, 0.2) is 47.4 Å². The Bertz CT molecular complexity index is 636. The van der Waals surface area contributed by atoms with Crippen molar-refractivity contribution in [2.45, 2.75) is 32.9 Å². The van der Waals surface area contributed by atoms with Crippen LogP contribution in [0.3, 0.4) is 0 Å². The summed E-state index contributed by atoms with van der Waals surface area (Å²) >= 11 is 0. The number of anilines is 1. The lowest BCUT2D eigenvalue weighted by molar-refractivity contribution is 0.620. The largest absolute Gasteiger partial charge is 0.377 e. The summed E-state index contributed by atoms with van der Waals surface area (Å²) in [6.07, 6.45) is 2.62. The maximum Gasteiger partial charge on any atom is 0.250 e. The van der Waals surface area contributed by atoms with Gasteiger partial charge in [0.05, 0.1) is 11.7 Å². The molecule has 0 aliphatic heterocycles. The van der Waals surface area contributed by atoms with Crippen LogP contribution in [0.25, 0.3) is 0 Å². The van der Waals surface area contributed by atoms with Gasteiger partial charge in [-0.15, -0.1) is 0 Å². The van der Waals surface area contributed by atoms with Crippen molar-refractivity contribution >= 4 is 5.69 Å². The van der Waals surface area contributed by atoms with Gasteiger partial charge in [0.15, 0.2) is 0 Å². The summed E-state index contributed by atoms with van der Waals surface area (Å²) in [6, 6.07) is 9.92. The second-order valence-electron chi connectivity index (χ2n) is 4.70. The van der Waals surface area contributed by atoms with Crippen molar-refractivity contribution in [3.63, 3.8) is 0 Å². The molecular formula is C16H19FN2O. The predicted octanol–water partition coefficient (Wildman–Crippen LogP) is 3.57. The molecule has 0 spiro atoms. The molecule has 20 heavy (non-hydrogen) atoms. The van der Waals surface area contributed by atoms with Crippen molar-refractivity contribution in [1.29, 1.82) is 0 Å². The first-order valence-corrected chi connectivity index (χ1v) is 6.86. The van der Waals surface area contributed by atoms with Gasteiger partial charge in [0.2, 0.25) is 0 Å². The zero-order valence-electron chi connectivity index (χ0n) is 11.8. The molecule has 2 aromatic rings. The number of aromatic nitrogens is 1. The van der Waals surface area contributed by atoms with Crippen LogP contribution in [0.4, 0.5) is 10.1 Å². The molecule has 1 atom stereocenters. The van der Waals surface area contributed by atoms with Gasteiger partial charge in [-0.2, -0.15) is 0 Å². The second kappa shape index (κ2) is 6.37. The molecule has 3 nitrogen and oxygen atoms in total. The fraction of sp³-hybridized carbons (Fsp3) is 0.312. The summed E-state index contributed by atoms with van der Waals surface area (Å²) in [5, 5.41) is 3.35. The van der Waals surface area contributed by atoms with Gasteiger partial charge in [-0.05, 0) is 37.1 Å². The third-order valence-corrected chi connectivity index (χ3v) is 3.32. The molecule has 0 radical (unpaired) electrons. The Kier molecular flexibility index (Phi) is 4.56. The normalized spacial score (nSPS) is 12.2. The van der Waals surface area contributed by atoms with Crippen LogP contribution in [0.2, 0.25) is 0 Å². The summed E-state index contributed by atoms with van der Waals surface area (Å²) in [5.41, 5.74) is 1.75. The molecule has 0 amide bonds. The van der Waals surface area contributed by atoms with Crippen molar-refractivity contribution < 1.29 is 4.39 Å². The highest BCUT2D eigenvalue weighted by Crippen LogP contribution is 2.22. The SMILES string of the molecule is CCC(Nc1ccc(=O)n(CC)c1)c1cccc(F)c1. The van der Waals surface area contributed by atoms with E-state index in [2.05, 4.69) is 5.32 Å². The van der Waals surface area contributed by atoms with Crippen LogP contribution in [-0.4, -0.2) is 4.57 Å². The van der Waals surface area contributed by atoms with E-state index in [1.165, 1.54) is 12.1 Å². The Hall–Kier alpha value is -2.10. The van der Waals surface area contributed by atoms with E-state index in [9.17, 15) is 9.18 Å². The minimum absolute atomic E-state index is 0.0168. The first kappa shape index (κ1) is 14.3. The number of hydrogen-bond donors (Lipinski definition) is 1. The van der Waals surface area contributed by atoms with Crippen LogP contribution in [0.5, 0.6) is 0 Å². The number of nitrogens with one attached hydrogen (secondary N) is 1. The molecule has 106 valence electrons. The van der Waals surface area contributed by atoms with Crippen LogP contribution in [-0.2, 0) is 6.54 Å². The molecule has 2 rings (SSSR count). The van der Waals surface area contributed by atoms with Crippen molar-refractivity contribution in [2.24, 2.45) is 0 Å². The average molecular weight is 274 g/mol. The Balaban J connectivity index is 2.24. The number of aryl methyl sites for hydroxylation is 1. The van der Waals surface area contributed by atoms with Crippen molar-refractivity contribution in [3.05, 3.63) is 64.3 Å². The van der Waals surface area contributed by atoms with E-state index in [0.29, 0.717) is 6.54 Å². The van der Waals surface area contributed by atoms with Gasteiger partial charge >= 0.3 is 0 Å². The monoisotopic (exact) mass is 274 g/mol. The lowest BCUT2D eigenvalue weighted by atomic mass is 10.0. The Morgan fingerprint density at radius 3 is 2.70 bits per heavy atom. The fourth-order valence-corrected chi connectivity index (χ4v) is 2.21. The van der Waals surface area contributed by atoms with Crippen LogP contribution in [0.1, 0.15) is 31.9 Å². The van der Waals surface area contributed by atoms with Crippen LogP contribution >= 0.6 is 0 Å². The highest BCUT2D eigenvalue weighted by Gasteiger charge is 2.10. The zero-order chi connectivity index (χ0) is 14.5. The van der Waals surface area contributed by atoms with Crippen molar-refractivity contribution in [2.75, 3.05) is 5.32 Å². The van der Waals surface area contributed by atoms with Crippen LogP contribution < -0.4 is 10.9 Å². The summed E-state index contributed by atoms with van der Waals surface area (Å²) in [6.45, 7) is 4.60. The number of benzene rings is 1. The molecular weight excluding hydrogens is 255 g/mol. The van der Waals surface area contributed by atoms with Gasteiger partial charge in [-0.1, -0.05) is 19.1 Å². The first-order chi connectivity index (χ1) is 9.63. The molecule has 0 saturated heterocycles. The number of hydrogen-bond acceptors (Lipinski definition) is 2. The van der Waals surface area contributed by atoms with Gasteiger partial charge in [0, 0.05) is 18.8 Å². The average Bonchev–Trinajstić information content (AvgIpc) is 2.46. The Morgan fingerprint density at radius 2 is 2.05 bits per heavy atom. The maximum atomic E-state index is 13.3. The van der Waals surface area contributed by atoms with E-state index in [-0.39, 0.29) is 17.4 Å². The minimum Gasteiger partial charge on any atom is -0.377 e. The van der Waals surface area contributed by atoms with E-state index in [1.807, 2.05) is 19.9 Å². The summed E-state index contributed by atoms with van der Waals surface area (Å²) < 4.78 is 14.9. The smallest absolute Gasteiger partial charge is 0.250 e. The zero-order valence-corrected chi connectivity index (χ0v) is 11.8. The van der Waals surface area contributed by atoms with E-state index in [1.54, 1.807) is 29.0 Å². The van der Waals surface area contributed by atoms with Crippen molar-refractivity contribution in [3.8, 4) is 0 Å². The highest BCUT2D eigenvalue weighted by atomic mass is 19.1. The molecule has 4 heteroatoms. The quantitative estimate of drug-likeness (QED) is 0.904. The van der Waals surface area contributed by atoms with Gasteiger partial charge in [-0.3, -0.25) is 4.79 Å². The van der Waals surface area contributed by atoms with E-state index in [0.717, 1.165) is 17.7 Å². The summed E-state index contributed by atoms with van der Waals surface area (Å²) in [4.78, 5) is 11.6. The van der Waals surface area contributed by atoms with Crippen LogP contribution in [0, 0.1) is 5.82 Å². The molecule has 0 saturated carbocycles. The number of rotatable bonds is 5. The molecule has 0 aliphatic carbocycles. The molecule has 1 aromatic carbocycles. The third kappa shape index (κ3) is 3.26. The molecule has 1 heterocycles. The standard InChI is InChI=1S/C16H19FN2O/c1-3-15(12-6-5-7-13(17)10-12)18-14-8-9-16(20)19(4-2)11-14/h5-11,15,18H,3-4H2,1-2H3. The molecule has 1 aromatic heterocycles. The molecule has 1 N–H and O–H groups in total. The van der Waals surface area contributed by atoms with Gasteiger partial charge in [-0.25, -0.2) is 4.39 Å². The first-order valence-electron chi connectivity index (χ1n) is 6.86. The second-order valence-corrected chi connectivity index (χ2v) is 4.70.